The van der Waals surface area contributed by atoms with Crippen LogP contribution in [0.5, 0.6) is 0 Å². The van der Waals surface area contributed by atoms with Crippen molar-refractivity contribution in [1.82, 2.24) is 0 Å². The van der Waals surface area contributed by atoms with Gasteiger partial charge in [0.25, 0.3) is 0 Å². The second-order valence-corrected chi connectivity index (χ2v) is 10.8. The van der Waals surface area contributed by atoms with Crippen LogP contribution < -0.4 is 0 Å². The van der Waals surface area contributed by atoms with Crippen LogP contribution >= 0.6 is 0 Å². The monoisotopic (exact) mass is 404 g/mol. The molecule has 0 aromatic rings. The molecule has 9 atom stereocenters. The highest BCUT2D eigenvalue weighted by Crippen LogP contribution is 2.67. The highest BCUT2D eigenvalue weighted by molar-refractivity contribution is 5.91. The number of carbonyl (C=O) groups is 2. The Labute approximate surface area is 173 Å². The number of rotatable bonds is 4. The lowest BCUT2D eigenvalue weighted by atomic mass is 9.45. The van der Waals surface area contributed by atoms with Gasteiger partial charge in [0.05, 0.1) is 12.2 Å². The Morgan fingerprint density at radius 3 is 2.66 bits per heavy atom. The molecule has 4 aliphatic carbocycles. The number of carbonyl (C=O) groups excluding carboxylic acids is 1. The molecule has 4 aliphatic rings. The molecule has 29 heavy (non-hydrogen) atoms. The molecule has 0 bridgehead atoms. The third-order valence-electron chi connectivity index (χ3n) is 9.66. The Kier molecular flexibility index (Phi) is 5.22. The van der Waals surface area contributed by atoms with Crippen molar-refractivity contribution in [3.05, 3.63) is 11.6 Å². The summed E-state index contributed by atoms with van der Waals surface area (Å²) in [6, 6.07) is 0. The molecule has 162 valence electrons. The molecule has 0 saturated heterocycles. The molecule has 0 aromatic heterocycles. The van der Waals surface area contributed by atoms with Gasteiger partial charge in [-0.1, -0.05) is 26.3 Å². The second kappa shape index (κ2) is 7.19. The van der Waals surface area contributed by atoms with Gasteiger partial charge in [-0.25, -0.2) is 0 Å². The maximum absolute atomic E-state index is 12.0. The van der Waals surface area contributed by atoms with E-state index in [9.17, 15) is 19.8 Å². The third kappa shape index (κ3) is 3.11. The normalized spacial score (nSPS) is 47.6. The summed E-state index contributed by atoms with van der Waals surface area (Å²) < 4.78 is 0. The zero-order valence-electron chi connectivity index (χ0n) is 17.9. The van der Waals surface area contributed by atoms with Crippen LogP contribution in [0.2, 0.25) is 0 Å². The first-order valence-corrected chi connectivity index (χ1v) is 11.4. The van der Waals surface area contributed by atoms with E-state index in [0.29, 0.717) is 25.7 Å². The molecule has 5 nitrogen and oxygen atoms in total. The summed E-state index contributed by atoms with van der Waals surface area (Å²) in [5, 5.41) is 31.7. The lowest BCUT2D eigenvalue weighted by Crippen LogP contribution is -2.60. The summed E-state index contributed by atoms with van der Waals surface area (Å²) in [5.41, 5.74) is 0.706. The standard InChI is InChI=1S/C24H36O5/c1-13(4-7-21(28)29)16-5-6-17-22-18(12-20(27)24(16,17)3)23(2)9-8-15(25)10-14(23)11-19(22)26/h10,13,16-20,22,26-27H,4-9,11-12H2,1-3H3,(H,28,29)/t13?,16?,17?,18?,19-,20+,22?,23+,24-/m1/s1. The van der Waals surface area contributed by atoms with E-state index in [1.54, 1.807) is 6.08 Å². The Hall–Kier alpha value is -1.20. The first-order chi connectivity index (χ1) is 13.6. The molecule has 3 N–H and O–H groups in total. The van der Waals surface area contributed by atoms with Gasteiger partial charge in [0.2, 0.25) is 0 Å². The Balaban J connectivity index is 1.64. The summed E-state index contributed by atoms with van der Waals surface area (Å²) in [6.07, 6.45) is 6.27. The summed E-state index contributed by atoms with van der Waals surface area (Å²) in [4.78, 5) is 23.1. The van der Waals surface area contributed by atoms with Crippen molar-refractivity contribution >= 4 is 11.8 Å². The number of carboxylic acid groups (broad SMARTS) is 1. The van der Waals surface area contributed by atoms with Crippen molar-refractivity contribution in [2.75, 3.05) is 0 Å². The van der Waals surface area contributed by atoms with Crippen molar-refractivity contribution in [3.8, 4) is 0 Å². The van der Waals surface area contributed by atoms with Crippen LogP contribution in [-0.2, 0) is 9.59 Å². The van der Waals surface area contributed by atoms with E-state index in [2.05, 4.69) is 20.8 Å². The summed E-state index contributed by atoms with van der Waals surface area (Å²) in [7, 11) is 0. The fourth-order valence-corrected chi connectivity index (χ4v) is 8.01. The zero-order chi connectivity index (χ0) is 21.1. The molecule has 0 spiro atoms. The molecule has 0 amide bonds. The van der Waals surface area contributed by atoms with Gasteiger partial charge in [0.1, 0.15) is 0 Å². The van der Waals surface area contributed by atoms with E-state index in [-0.39, 0.29) is 52.6 Å². The van der Waals surface area contributed by atoms with Crippen molar-refractivity contribution in [2.45, 2.75) is 84.3 Å². The number of aliphatic hydroxyl groups is 2. The van der Waals surface area contributed by atoms with Gasteiger partial charge in [-0.2, -0.15) is 0 Å². The first-order valence-electron chi connectivity index (χ1n) is 11.4. The summed E-state index contributed by atoms with van der Waals surface area (Å²) >= 11 is 0. The van der Waals surface area contributed by atoms with Gasteiger partial charge in [0.15, 0.2) is 5.78 Å². The van der Waals surface area contributed by atoms with Crippen LogP contribution in [0.3, 0.4) is 0 Å². The molecular weight excluding hydrogens is 368 g/mol. The molecule has 4 rings (SSSR count). The predicted octanol–water partition coefficient (Wildman–Crippen LogP) is 3.58. The predicted molar refractivity (Wildman–Crippen MR) is 109 cm³/mol. The van der Waals surface area contributed by atoms with Crippen LogP contribution in [0.25, 0.3) is 0 Å². The minimum absolute atomic E-state index is 0.104. The fraction of sp³-hybridized carbons (Fsp3) is 0.833. The molecule has 3 saturated carbocycles. The maximum Gasteiger partial charge on any atom is 0.303 e. The molecule has 5 unspecified atom stereocenters. The van der Waals surface area contributed by atoms with Crippen LogP contribution in [-0.4, -0.2) is 39.3 Å². The second-order valence-electron chi connectivity index (χ2n) is 10.8. The lowest BCUT2D eigenvalue weighted by Gasteiger charge is -2.61. The number of fused-ring (bicyclic) bond motifs is 5. The fourth-order valence-electron chi connectivity index (χ4n) is 8.01. The van der Waals surface area contributed by atoms with Crippen LogP contribution in [0.1, 0.15) is 72.1 Å². The lowest BCUT2D eigenvalue weighted by molar-refractivity contribution is -0.168. The average Bonchev–Trinajstić information content (AvgIpc) is 3.01. The number of carboxylic acids is 1. The quantitative estimate of drug-likeness (QED) is 0.666. The van der Waals surface area contributed by atoms with Crippen molar-refractivity contribution in [2.24, 2.45) is 40.4 Å². The number of ketones is 1. The molecule has 0 aliphatic heterocycles. The SMILES string of the molecule is CC(CCC(=O)O)C1CCC2C3C(C[C@H](O)[C@]12C)[C@@]1(C)CCC(=O)C=C1C[C@H]3O. The van der Waals surface area contributed by atoms with E-state index in [1.165, 1.54) is 0 Å². The number of hydrogen-bond acceptors (Lipinski definition) is 4. The topological polar surface area (TPSA) is 94.8 Å². The third-order valence-corrected chi connectivity index (χ3v) is 9.66. The van der Waals surface area contributed by atoms with E-state index in [1.807, 2.05) is 0 Å². The average molecular weight is 405 g/mol. The molecular formula is C24H36O5. The zero-order valence-corrected chi connectivity index (χ0v) is 17.9. The highest BCUT2D eigenvalue weighted by atomic mass is 16.4. The van der Waals surface area contributed by atoms with Gasteiger partial charge >= 0.3 is 5.97 Å². The summed E-state index contributed by atoms with van der Waals surface area (Å²) in [6.45, 7) is 6.57. The Morgan fingerprint density at radius 1 is 1.24 bits per heavy atom. The molecule has 0 heterocycles. The van der Waals surface area contributed by atoms with Crippen LogP contribution in [0.4, 0.5) is 0 Å². The minimum atomic E-state index is -0.761. The van der Waals surface area contributed by atoms with E-state index in [4.69, 9.17) is 5.11 Å². The van der Waals surface area contributed by atoms with Crippen molar-refractivity contribution in [3.63, 3.8) is 0 Å². The maximum atomic E-state index is 12.0. The molecule has 5 heteroatoms. The van der Waals surface area contributed by atoms with Gasteiger partial charge < -0.3 is 15.3 Å². The smallest absolute Gasteiger partial charge is 0.303 e. The van der Waals surface area contributed by atoms with Gasteiger partial charge in [0, 0.05) is 12.8 Å². The molecule has 0 aromatic carbocycles. The first kappa shape index (κ1) is 21.0. The summed E-state index contributed by atoms with van der Waals surface area (Å²) in [5.74, 6) is 0.529. The van der Waals surface area contributed by atoms with Crippen LogP contribution in [0, 0.1) is 40.4 Å². The van der Waals surface area contributed by atoms with Crippen LogP contribution in [0.15, 0.2) is 11.6 Å². The number of aliphatic hydroxyl groups excluding tert-OH is 2. The van der Waals surface area contributed by atoms with Crippen molar-refractivity contribution < 1.29 is 24.9 Å². The largest absolute Gasteiger partial charge is 0.481 e. The van der Waals surface area contributed by atoms with Gasteiger partial charge in [-0.15, -0.1) is 0 Å². The Bertz CT molecular complexity index is 729. The van der Waals surface area contributed by atoms with Crippen molar-refractivity contribution in [1.29, 1.82) is 0 Å². The number of hydrogen-bond donors (Lipinski definition) is 3. The molecule has 3 fully saturated rings. The Morgan fingerprint density at radius 2 is 1.97 bits per heavy atom. The van der Waals surface area contributed by atoms with E-state index in [0.717, 1.165) is 24.8 Å². The van der Waals surface area contributed by atoms with Gasteiger partial charge in [-0.3, -0.25) is 9.59 Å². The highest BCUT2D eigenvalue weighted by Gasteiger charge is 2.64. The van der Waals surface area contributed by atoms with Gasteiger partial charge in [-0.05, 0) is 85.0 Å². The van der Waals surface area contributed by atoms with E-state index >= 15 is 0 Å². The molecule has 0 radical (unpaired) electrons. The van der Waals surface area contributed by atoms with E-state index < -0.39 is 18.2 Å². The minimum Gasteiger partial charge on any atom is -0.481 e. The number of aliphatic carboxylic acids is 1.